The topological polar surface area (TPSA) is 71.0 Å². The van der Waals surface area contributed by atoms with E-state index >= 15 is 0 Å². The summed E-state index contributed by atoms with van der Waals surface area (Å²) in [6.45, 7) is 8.23. The molecule has 8 heteroatoms. The van der Waals surface area contributed by atoms with Gasteiger partial charge in [0.2, 0.25) is 0 Å². The number of rotatable bonds is 4. The number of aryl methyl sites for hydroxylation is 2. The van der Waals surface area contributed by atoms with Crippen LogP contribution >= 0.6 is 0 Å². The minimum absolute atomic E-state index is 0.0907. The molecule has 0 spiro atoms. The van der Waals surface area contributed by atoms with Gasteiger partial charge in [0, 0.05) is 44.5 Å². The van der Waals surface area contributed by atoms with Crippen LogP contribution in [0.3, 0.4) is 0 Å². The van der Waals surface area contributed by atoms with Crippen molar-refractivity contribution in [1.82, 2.24) is 28.9 Å². The van der Waals surface area contributed by atoms with E-state index in [2.05, 4.69) is 32.9 Å². The first-order chi connectivity index (χ1) is 16.1. The second-order valence-corrected chi connectivity index (χ2v) is 9.24. The highest BCUT2D eigenvalue weighted by atomic mass is 16.1. The van der Waals surface area contributed by atoms with E-state index < -0.39 is 0 Å². The molecule has 2 aliphatic rings. The zero-order valence-electron chi connectivity index (χ0n) is 19.2. The molecule has 2 fully saturated rings. The zero-order valence-corrected chi connectivity index (χ0v) is 19.2. The van der Waals surface area contributed by atoms with Crippen molar-refractivity contribution in [2.24, 2.45) is 0 Å². The van der Waals surface area contributed by atoms with Crippen LogP contribution in [0.1, 0.15) is 37.6 Å². The van der Waals surface area contributed by atoms with Crippen LogP contribution in [0, 0.1) is 6.92 Å². The number of aromatic nitrogens is 5. The highest BCUT2D eigenvalue weighted by Crippen LogP contribution is 2.27. The first-order valence-corrected chi connectivity index (χ1v) is 12.0. The monoisotopic (exact) mass is 443 g/mol. The van der Waals surface area contributed by atoms with E-state index in [0.717, 1.165) is 61.2 Å². The van der Waals surface area contributed by atoms with E-state index in [9.17, 15) is 4.79 Å². The standard InChI is InChI=1S/C25H29N7O/c1-3-20-23-13-22(28-32(23)15-17(2)26-20)21-14-25(33)31-16-19(7-8-24(31)27-21)30-11-9-29(10-12-30)18-5-4-6-18/h7-8,13-16,18H,3-6,9-12H2,1-2H3. The van der Waals surface area contributed by atoms with Crippen LogP contribution in [0.5, 0.6) is 0 Å². The van der Waals surface area contributed by atoms with Crippen LogP contribution in [-0.2, 0) is 6.42 Å². The molecule has 1 saturated carbocycles. The molecule has 170 valence electrons. The van der Waals surface area contributed by atoms with Crippen molar-refractivity contribution >= 4 is 16.9 Å². The molecule has 5 heterocycles. The van der Waals surface area contributed by atoms with Crippen molar-refractivity contribution in [1.29, 1.82) is 0 Å². The average Bonchev–Trinajstić information content (AvgIpc) is 3.22. The normalized spacial score (nSPS) is 17.7. The maximum Gasteiger partial charge on any atom is 0.258 e. The first kappa shape index (κ1) is 20.4. The molecular weight excluding hydrogens is 414 g/mol. The van der Waals surface area contributed by atoms with Crippen molar-refractivity contribution in [3.05, 3.63) is 58.4 Å². The molecule has 4 aromatic heterocycles. The fraction of sp³-hybridized carbons (Fsp3) is 0.440. The molecular formula is C25H29N7O. The van der Waals surface area contributed by atoms with Crippen LogP contribution in [0.4, 0.5) is 5.69 Å². The van der Waals surface area contributed by atoms with Crippen molar-refractivity contribution in [2.75, 3.05) is 31.1 Å². The van der Waals surface area contributed by atoms with Gasteiger partial charge >= 0.3 is 0 Å². The molecule has 1 aliphatic heterocycles. The molecule has 0 atom stereocenters. The Kier molecular flexibility index (Phi) is 4.90. The van der Waals surface area contributed by atoms with Crippen LogP contribution in [0.15, 0.2) is 41.5 Å². The summed E-state index contributed by atoms with van der Waals surface area (Å²) < 4.78 is 3.49. The highest BCUT2D eigenvalue weighted by Gasteiger charge is 2.28. The van der Waals surface area contributed by atoms with Gasteiger partial charge < -0.3 is 4.90 Å². The Morgan fingerprint density at radius 3 is 2.55 bits per heavy atom. The number of hydrogen-bond donors (Lipinski definition) is 0. The van der Waals surface area contributed by atoms with Gasteiger partial charge in [-0.15, -0.1) is 0 Å². The van der Waals surface area contributed by atoms with Gasteiger partial charge in [0.1, 0.15) is 11.3 Å². The smallest absolute Gasteiger partial charge is 0.258 e. The maximum atomic E-state index is 13.0. The minimum Gasteiger partial charge on any atom is -0.368 e. The molecule has 1 saturated heterocycles. The molecule has 0 unspecified atom stereocenters. The molecule has 1 aliphatic carbocycles. The Morgan fingerprint density at radius 1 is 1.00 bits per heavy atom. The van der Waals surface area contributed by atoms with Gasteiger partial charge in [0.25, 0.3) is 5.56 Å². The van der Waals surface area contributed by atoms with Gasteiger partial charge in [-0.3, -0.25) is 19.1 Å². The minimum atomic E-state index is -0.0907. The van der Waals surface area contributed by atoms with Crippen molar-refractivity contribution in [3.63, 3.8) is 0 Å². The van der Waals surface area contributed by atoms with Gasteiger partial charge in [-0.2, -0.15) is 5.10 Å². The van der Waals surface area contributed by atoms with Crippen molar-refractivity contribution < 1.29 is 0 Å². The maximum absolute atomic E-state index is 13.0. The lowest BCUT2D eigenvalue weighted by Gasteiger charge is -2.43. The number of anilines is 1. The average molecular weight is 444 g/mol. The van der Waals surface area contributed by atoms with E-state index in [-0.39, 0.29) is 5.56 Å². The van der Waals surface area contributed by atoms with E-state index in [4.69, 9.17) is 4.98 Å². The Hall–Kier alpha value is -3.26. The summed E-state index contributed by atoms with van der Waals surface area (Å²) in [6.07, 6.45) is 8.73. The Labute approximate surface area is 192 Å². The van der Waals surface area contributed by atoms with Crippen LogP contribution in [0.2, 0.25) is 0 Å². The van der Waals surface area contributed by atoms with Crippen LogP contribution < -0.4 is 10.5 Å². The predicted octanol–water partition coefficient (Wildman–Crippen LogP) is 2.95. The molecule has 4 aromatic rings. The van der Waals surface area contributed by atoms with Crippen LogP contribution in [0.25, 0.3) is 22.6 Å². The number of hydrogen-bond acceptors (Lipinski definition) is 6. The van der Waals surface area contributed by atoms with E-state index in [1.807, 2.05) is 36.0 Å². The summed E-state index contributed by atoms with van der Waals surface area (Å²) in [5.41, 5.74) is 5.77. The lowest BCUT2D eigenvalue weighted by Crippen LogP contribution is -2.52. The van der Waals surface area contributed by atoms with Gasteiger partial charge in [-0.1, -0.05) is 13.3 Å². The fourth-order valence-electron chi connectivity index (χ4n) is 5.08. The quantitative estimate of drug-likeness (QED) is 0.483. The number of piperazine rings is 1. The lowest BCUT2D eigenvalue weighted by atomic mass is 9.91. The fourth-order valence-corrected chi connectivity index (χ4v) is 5.08. The summed E-state index contributed by atoms with van der Waals surface area (Å²) in [4.78, 5) is 27.4. The molecule has 33 heavy (non-hydrogen) atoms. The van der Waals surface area contributed by atoms with Gasteiger partial charge in [0.15, 0.2) is 0 Å². The van der Waals surface area contributed by atoms with Gasteiger partial charge in [-0.05, 0) is 44.4 Å². The SMILES string of the molecule is CCc1nc(C)cn2nc(-c3cc(=O)n4cc(N5CCN(C6CCC6)CC5)ccc4n3)cc12. The molecule has 8 nitrogen and oxygen atoms in total. The summed E-state index contributed by atoms with van der Waals surface area (Å²) in [5.74, 6) is 0. The van der Waals surface area contributed by atoms with E-state index in [0.29, 0.717) is 17.0 Å². The van der Waals surface area contributed by atoms with Gasteiger partial charge in [0.05, 0.1) is 34.5 Å². The third kappa shape index (κ3) is 3.58. The molecule has 6 rings (SSSR count). The van der Waals surface area contributed by atoms with Gasteiger partial charge in [-0.25, -0.2) is 9.50 Å². The number of nitrogens with zero attached hydrogens (tertiary/aromatic N) is 7. The summed E-state index contributed by atoms with van der Waals surface area (Å²) in [5, 5.41) is 4.68. The van der Waals surface area contributed by atoms with E-state index in [1.54, 1.807) is 10.5 Å². The summed E-state index contributed by atoms with van der Waals surface area (Å²) in [6, 6.07) is 8.37. The number of pyridine rings is 1. The van der Waals surface area contributed by atoms with E-state index in [1.165, 1.54) is 19.3 Å². The largest absolute Gasteiger partial charge is 0.368 e. The summed E-state index contributed by atoms with van der Waals surface area (Å²) >= 11 is 0. The number of fused-ring (bicyclic) bond motifs is 2. The third-order valence-electron chi connectivity index (χ3n) is 7.16. The van der Waals surface area contributed by atoms with Crippen LogP contribution in [-0.4, -0.2) is 61.1 Å². The lowest BCUT2D eigenvalue weighted by molar-refractivity contribution is 0.120. The predicted molar refractivity (Wildman–Crippen MR) is 129 cm³/mol. The molecule has 0 aromatic carbocycles. The molecule has 0 amide bonds. The molecule has 0 bridgehead atoms. The van der Waals surface area contributed by atoms with Crippen molar-refractivity contribution in [3.8, 4) is 11.4 Å². The Morgan fingerprint density at radius 2 is 1.82 bits per heavy atom. The highest BCUT2D eigenvalue weighted by molar-refractivity contribution is 5.66. The molecule has 0 radical (unpaired) electrons. The second-order valence-electron chi connectivity index (χ2n) is 9.24. The zero-order chi connectivity index (χ0) is 22.5. The molecule has 0 N–H and O–H groups in total. The first-order valence-electron chi connectivity index (χ1n) is 12.0. The second kappa shape index (κ2) is 7.95. The Balaban J connectivity index is 1.30. The third-order valence-corrected chi connectivity index (χ3v) is 7.16. The summed E-state index contributed by atoms with van der Waals surface area (Å²) in [7, 11) is 0. The van der Waals surface area contributed by atoms with Crippen molar-refractivity contribution in [2.45, 2.75) is 45.6 Å². The Bertz CT molecular complexity index is 1390.